The smallest absolute Gasteiger partial charge is 0.294 e. The van der Waals surface area contributed by atoms with Gasteiger partial charge in [0.2, 0.25) is 0 Å². The Balaban J connectivity index is 1.36. The molecule has 1 amide bonds. The Morgan fingerprint density at radius 2 is 2.12 bits per heavy atom. The van der Waals surface area contributed by atoms with Crippen LogP contribution < -0.4 is 21.7 Å². The molecule has 1 fully saturated rings. The minimum atomic E-state index is -3.29. The van der Waals surface area contributed by atoms with Crippen molar-refractivity contribution in [2.45, 2.75) is 43.9 Å². The van der Waals surface area contributed by atoms with Crippen LogP contribution in [0.4, 0.5) is 20.3 Å². The number of nitrogens with zero attached hydrogens (tertiary/aromatic N) is 4. The number of fused-ring (bicyclic) bond motifs is 2. The molecule has 0 bridgehead atoms. The maximum absolute atomic E-state index is 15.4. The maximum atomic E-state index is 15.4. The average molecular weight is 490 g/mol. The summed E-state index contributed by atoms with van der Waals surface area (Å²) in [6.45, 7) is 2.87. The molecule has 2 aliphatic rings. The molecule has 0 aromatic carbocycles. The zero-order chi connectivity index (χ0) is 24.2. The molecule has 3 aromatic rings. The van der Waals surface area contributed by atoms with Gasteiger partial charge < -0.3 is 26.4 Å². The molecule has 3 aromatic heterocycles. The first-order valence-corrected chi connectivity index (χ1v) is 11.7. The van der Waals surface area contributed by atoms with Gasteiger partial charge in [0.05, 0.1) is 35.3 Å². The number of hydrogen-bond donors (Lipinski definition) is 3. The average Bonchev–Trinajstić information content (AvgIpc) is 3.34. The minimum Gasteiger partial charge on any atom is -0.396 e. The highest BCUT2D eigenvalue weighted by Gasteiger charge is 2.47. The van der Waals surface area contributed by atoms with E-state index in [1.807, 2.05) is 4.90 Å². The van der Waals surface area contributed by atoms with Gasteiger partial charge in [0.25, 0.3) is 11.8 Å². The van der Waals surface area contributed by atoms with Crippen molar-refractivity contribution in [2.75, 3.05) is 30.8 Å². The fraction of sp³-hybridized carbons (Fsp3) is 0.455. The number of alkyl halides is 2. The molecule has 5 N–H and O–H groups in total. The van der Waals surface area contributed by atoms with Crippen molar-refractivity contribution in [1.82, 2.24) is 20.3 Å². The Morgan fingerprint density at radius 3 is 2.85 bits per heavy atom. The third-order valence-corrected chi connectivity index (χ3v) is 7.52. The van der Waals surface area contributed by atoms with Gasteiger partial charge in [-0.3, -0.25) is 4.79 Å². The number of nitrogens with two attached hydrogens (primary N) is 2. The van der Waals surface area contributed by atoms with Crippen molar-refractivity contribution in [1.29, 1.82) is 0 Å². The fourth-order valence-corrected chi connectivity index (χ4v) is 5.57. The Labute approximate surface area is 198 Å². The normalized spacial score (nSPS) is 23.8. The monoisotopic (exact) mass is 489 g/mol. The molecule has 180 valence electrons. The number of hydrogen-bond acceptors (Lipinski definition) is 9. The van der Waals surface area contributed by atoms with E-state index in [0.29, 0.717) is 47.1 Å². The minimum absolute atomic E-state index is 0.0445. The predicted molar refractivity (Wildman–Crippen MR) is 125 cm³/mol. The lowest BCUT2D eigenvalue weighted by Crippen LogP contribution is -2.49. The molecular weight excluding hydrogens is 464 g/mol. The quantitative estimate of drug-likeness (QED) is 0.507. The number of anilines is 2. The number of pyridine rings is 1. The van der Waals surface area contributed by atoms with E-state index in [4.69, 9.17) is 16.2 Å². The number of methoxy groups -OCH3 is 1. The van der Waals surface area contributed by atoms with Crippen LogP contribution in [0.25, 0.3) is 10.3 Å². The van der Waals surface area contributed by atoms with Gasteiger partial charge in [0, 0.05) is 32.0 Å². The van der Waals surface area contributed by atoms with Crippen LogP contribution >= 0.6 is 11.3 Å². The van der Waals surface area contributed by atoms with Gasteiger partial charge in [0.1, 0.15) is 21.0 Å². The second-order valence-electron chi connectivity index (χ2n) is 8.70. The van der Waals surface area contributed by atoms with Crippen LogP contribution in [-0.4, -0.2) is 59.2 Å². The van der Waals surface area contributed by atoms with Crippen LogP contribution in [0.5, 0.6) is 0 Å². The number of aromatic nitrogens is 3. The van der Waals surface area contributed by atoms with E-state index >= 15 is 8.78 Å². The molecule has 4 heterocycles. The number of amides is 1. The highest BCUT2D eigenvalue weighted by Crippen LogP contribution is 2.41. The lowest BCUT2D eigenvalue weighted by atomic mass is 9.88. The van der Waals surface area contributed by atoms with E-state index in [0.717, 1.165) is 11.3 Å². The zero-order valence-electron chi connectivity index (χ0n) is 18.7. The molecule has 1 saturated heterocycles. The third kappa shape index (κ3) is 3.75. The van der Waals surface area contributed by atoms with Gasteiger partial charge in [-0.1, -0.05) is 0 Å². The van der Waals surface area contributed by atoms with Gasteiger partial charge in [0.15, 0.2) is 0 Å². The number of halogens is 2. The number of carbonyl (C=O) groups is 1. The summed E-state index contributed by atoms with van der Waals surface area (Å²) < 4.78 is 36.2. The lowest BCUT2D eigenvalue weighted by molar-refractivity contribution is -0.0509. The highest BCUT2D eigenvalue weighted by atomic mass is 32.1. The van der Waals surface area contributed by atoms with Crippen molar-refractivity contribution in [3.8, 4) is 0 Å². The number of rotatable bonds is 4. The van der Waals surface area contributed by atoms with E-state index in [1.54, 1.807) is 26.3 Å². The number of thiophene rings is 1. The van der Waals surface area contributed by atoms with Crippen LogP contribution in [0.1, 0.15) is 33.0 Å². The third-order valence-electron chi connectivity index (χ3n) is 6.43. The molecule has 9 nitrogen and oxygen atoms in total. The number of ether oxygens (including phenoxy) is 1. The van der Waals surface area contributed by atoms with Crippen LogP contribution in [0.15, 0.2) is 18.3 Å². The van der Waals surface area contributed by atoms with Crippen LogP contribution in [0, 0.1) is 6.92 Å². The van der Waals surface area contributed by atoms with E-state index in [-0.39, 0.29) is 34.7 Å². The Morgan fingerprint density at radius 1 is 1.32 bits per heavy atom. The first-order valence-electron chi connectivity index (χ1n) is 10.9. The molecule has 12 heteroatoms. The summed E-state index contributed by atoms with van der Waals surface area (Å²) >= 11 is 1.04. The van der Waals surface area contributed by atoms with Crippen LogP contribution in [-0.2, 0) is 17.1 Å². The summed E-state index contributed by atoms with van der Waals surface area (Å²) in [5.41, 5.74) is 13.5. The molecule has 1 aliphatic heterocycles. The number of carbonyl (C=O) groups excluding carboxylic acids is 1. The van der Waals surface area contributed by atoms with Crippen LogP contribution in [0.2, 0.25) is 0 Å². The molecule has 0 saturated carbocycles. The standard InChI is InChI=1S/C22H25F2N7O2S/c1-10-7-27-18-17(26)19(34-21(18)28-10)20(32)30-15-5-4-13-11(22(15,23)24)3-6-16(29-13)31-8-12(25)14(9-31)33-2/h3,6-7,12,14-15H,4-5,8-9,25-26H2,1-2H3,(H,30,32). The summed E-state index contributed by atoms with van der Waals surface area (Å²) in [6, 6.07) is 1.42. The van der Waals surface area contributed by atoms with Gasteiger partial charge >= 0.3 is 0 Å². The zero-order valence-corrected chi connectivity index (χ0v) is 19.5. The summed E-state index contributed by atoms with van der Waals surface area (Å²) in [6.07, 6.45) is 1.77. The predicted octanol–water partition coefficient (Wildman–Crippen LogP) is 1.98. The van der Waals surface area contributed by atoms with E-state index < -0.39 is 17.9 Å². The fourth-order valence-electron chi connectivity index (χ4n) is 4.57. The van der Waals surface area contributed by atoms with Gasteiger partial charge in [-0.25, -0.2) is 15.0 Å². The van der Waals surface area contributed by atoms with Gasteiger partial charge in [-0.2, -0.15) is 8.78 Å². The molecule has 0 spiro atoms. The molecule has 1 aliphatic carbocycles. The van der Waals surface area contributed by atoms with Gasteiger partial charge in [-0.15, -0.1) is 11.3 Å². The van der Waals surface area contributed by atoms with E-state index in [9.17, 15) is 4.79 Å². The number of nitrogens with one attached hydrogen (secondary N) is 1. The Bertz CT molecular complexity index is 1270. The van der Waals surface area contributed by atoms with E-state index in [1.165, 1.54) is 6.07 Å². The molecular formula is C22H25F2N7O2S. The maximum Gasteiger partial charge on any atom is 0.294 e. The van der Waals surface area contributed by atoms with Crippen molar-refractivity contribution >= 4 is 39.1 Å². The SMILES string of the molecule is COC1CN(c2ccc3c(n2)CCC(NC(=O)c2sc4nc(C)cnc4c2N)C3(F)F)CC1N. The highest BCUT2D eigenvalue weighted by molar-refractivity contribution is 7.21. The molecule has 3 atom stereocenters. The van der Waals surface area contributed by atoms with Crippen molar-refractivity contribution in [2.24, 2.45) is 5.73 Å². The number of aryl methyl sites for hydroxylation is 2. The van der Waals surface area contributed by atoms with Crippen LogP contribution in [0.3, 0.4) is 0 Å². The summed E-state index contributed by atoms with van der Waals surface area (Å²) in [5, 5.41) is 2.49. The van der Waals surface area contributed by atoms with Crippen molar-refractivity contribution in [3.63, 3.8) is 0 Å². The Hall–Kier alpha value is -2.96. The second kappa shape index (κ2) is 8.36. The molecule has 3 unspecified atom stereocenters. The largest absolute Gasteiger partial charge is 0.396 e. The van der Waals surface area contributed by atoms with Gasteiger partial charge in [-0.05, 0) is 31.9 Å². The topological polar surface area (TPSA) is 132 Å². The molecule has 0 radical (unpaired) electrons. The van der Waals surface area contributed by atoms with E-state index in [2.05, 4.69) is 20.3 Å². The van der Waals surface area contributed by atoms with Crippen molar-refractivity contribution in [3.05, 3.63) is 40.2 Å². The summed E-state index contributed by atoms with van der Waals surface area (Å²) in [4.78, 5) is 28.5. The molecule has 34 heavy (non-hydrogen) atoms. The number of nitrogen functional groups attached to an aromatic ring is 1. The summed E-state index contributed by atoms with van der Waals surface area (Å²) in [5.74, 6) is -3.35. The lowest BCUT2D eigenvalue weighted by Gasteiger charge is -2.33. The molecule has 5 rings (SSSR count). The van der Waals surface area contributed by atoms with Crippen molar-refractivity contribution < 1.29 is 18.3 Å². The second-order valence-corrected chi connectivity index (χ2v) is 9.70. The first kappa shape index (κ1) is 22.8. The first-order chi connectivity index (χ1) is 16.2. The summed E-state index contributed by atoms with van der Waals surface area (Å²) in [7, 11) is 1.60. The Kier molecular flexibility index (Phi) is 5.61.